The van der Waals surface area contributed by atoms with Gasteiger partial charge in [-0.2, -0.15) is 10.2 Å². The summed E-state index contributed by atoms with van der Waals surface area (Å²) < 4.78 is 20.8. The molecule has 228 valence electrons. The van der Waals surface area contributed by atoms with Crippen LogP contribution in [0, 0.1) is 0 Å². The van der Waals surface area contributed by atoms with Crippen LogP contribution in [0.1, 0.15) is 20.3 Å². The number of nitrogens with zero attached hydrogens (tertiary/aromatic N) is 3. The van der Waals surface area contributed by atoms with E-state index in [9.17, 15) is 19.2 Å². The van der Waals surface area contributed by atoms with E-state index < -0.39 is 47.3 Å². The first-order valence-corrected chi connectivity index (χ1v) is 13.8. The minimum Gasteiger partial charge on any atom is -0.460 e. The summed E-state index contributed by atoms with van der Waals surface area (Å²) in [6.07, 6.45) is -0.852. The molecule has 0 saturated carbocycles. The van der Waals surface area contributed by atoms with Gasteiger partial charge in [0.25, 0.3) is 0 Å². The molecule has 0 aliphatic carbocycles. The van der Waals surface area contributed by atoms with E-state index in [1.165, 1.54) is 18.9 Å². The fraction of sp³-hybridized carbons (Fsp3) is 0.286. The standard InChI is InChI=1S/C28H27Cl3N4O8/c1-4-24(36)40-14-16(2)42-26(37)22-13-23(35(34-22)21-11-7-19(30)8-12-21)27(38)41-15-17(3)43-28(39)25(31)33-32-20-9-5-18(29)6-10-20/h4-12,16-17,23,32H,1,13-15H2,2-3H3/b33-25-/t16-,17-,23?/m0/s1. The molecule has 1 unspecified atom stereocenters. The van der Waals surface area contributed by atoms with Crippen LogP contribution in [0.25, 0.3) is 0 Å². The highest BCUT2D eigenvalue weighted by molar-refractivity contribution is 6.82. The molecular formula is C28H27Cl3N4O8. The molecule has 0 aromatic heterocycles. The van der Waals surface area contributed by atoms with Crippen molar-refractivity contribution in [2.24, 2.45) is 10.2 Å². The number of benzene rings is 2. The predicted octanol–water partition coefficient (Wildman–Crippen LogP) is 4.73. The van der Waals surface area contributed by atoms with Crippen LogP contribution in [0.15, 0.2) is 71.4 Å². The second-order valence-electron chi connectivity index (χ2n) is 9.00. The highest BCUT2D eigenvalue weighted by Gasteiger charge is 2.38. The first kappa shape index (κ1) is 33.4. The van der Waals surface area contributed by atoms with Gasteiger partial charge in [0.2, 0.25) is 5.17 Å². The van der Waals surface area contributed by atoms with Crippen LogP contribution < -0.4 is 10.4 Å². The van der Waals surface area contributed by atoms with Crippen molar-refractivity contribution in [3.63, 3.8) is 0 Å². The Balaban J connectivity index is 1.59. The molecule has 2 aromatic rings. The minimum absolute atomic E-state index is 0.0607. The summed E-state index contributed by atoms with van der Waals surface area (Å²) in [6, 6.07) is 11.9. The average Bonchev–Trinajstić information content (AvgIpc) is 3.44. The Morgan fingerprint density at radius 2 is 1.58 bits per heavy atom. The molecule has 0 amide bonds. The average molecular weight is 654 g/mol. The number of hydrogen-bond acceptors (Lipinski definition) is 12. The lowest BCUT2D eigenvalue weighted by molar-refractivity contribution is -0.154. The highest BCUT2D eigenvalue weighted by atomic mass is 35.5. The van der Waals surface area contributed by atoms with Gasteiger partial charge in [0.15, 0.2) is 6.04 Å². The minimum atomic E-state index is -1.05. The van der Waals surface area contributed by atoms with Crippen molar-refractivity contribution in [1.82, 2.24) is 0 Å². The lowest BCUT2D eigenvalue weighted by Crippen LogP contribution is -2.38. The smallest absolute Gasteiger partial charge is 0.371 e. The molecule has 1 heterocycles. The van der Waals surface area contributed by atoms with Gasteiger partial charge >= 0.3 is 23.9 Å². The largest absolute Gasteiger partial charge is 0.460 e. The number of hydrogen-bond donors (Lipinski definition) is 1. The van der Waals surface area contributed by atoms with Crippen LogP contribution in [-0.4, -0.2) is 66.2 Å². The van der Waals surface area contributed by atoms with Crippen LogP contribution in [0.2, 0.25) is 10.0 Å². The molecule has 0 bridgehead atoms. The molecule has 3 atom stereocenters. The van der Waals surface area contributed by atoms with E-state index in [0.29, 0.717) is 21.4 Å². The summed E-state index contributed by atoms with van der Waals surface area (Å²) >= 11 is 17.7. The molecule has 12 nitrogen and oxygen atoms in total. The van der Waals surface area contributed by atoms with E-state index in [0.717, 1.165) is 6.08 Å². The summed E-state index contributed by atoms with van der Waals surface area (Å²) in [4.78, 5) is 49.5. The Morgan fingerprint density at radius 1 is 1.00 bits per heavy atom. The first-order valence-electron chi connectivity index (χ1n) is 12.7. The van der Waals surface area contributed by atoms with Crippen LogP contribution in [0.5, 0.6) is 0 Å². The maximum absolute atomic E-state index is 13.1. The molecular weight excluding hydrogens is 627 g/mol. The van der Waals surface area contributed by atoms with Gasteiger partial charge in [0, 0.05) is 22.5 Å². The van der Waals surface area contributed by atoms with Crippen molar-refractivity contribution in [2.45, 2.75) is 38.5 Å². The quantitative estimate of drug-likeness (QED) is 0.106. The SMILES string of the molecule is C=CC(=O)OC[C@H](C)OC(=O)C1=NN(c2ccc(Cl)cc2)C(C(=O)OC[C@H](C)OC(=O)/C(Cl)=N/Nc2ccc(Cl)cc2)C1. The van der Waals surface area contributed by atoms with Gasteiger partial charge in [0.1, 0.15) is 31.1 Å². The normalized spacial score (nSPS) is 15.9. The number of carbonyl (C=O) groups is 4. The molecule has 0 radical (unpaired) electrons. The summed E-state index contributed by atoms with van der Waals surface area (Å²) in [5.41, 5.74) is 3.53. The predicted molar refractivity (Wildman–Crippen MR) is 161 cm³/mol. The summed E-state index contributed by atoms with van der Waals surface area (Å²) in [6.45, 7) is 5.80. The number of anilines is 2. The van der Waals surface area contributed by atoms with E-state index in [2.05, 4.69) is 22.2 Å². The van der Waals surface area contributed by atoms with E-state index in [1.807, 2.05) is 0 Å². The van der Waals surface area contributed by atoms with E-state index in [1.54, 1.807) is 48.5 Å². The van der Waals surface area contributed by atoms with Gasteiger partial charge in [0.05, 0.1) is 11.4 Å². The van der Waals surface area contributed by atoms with Gasteiger partial charge in [-0.25, -0.2) is 19.2 Å². The number of carbonyl (C=O) groups excluding carboxylic acids is 4. The zero-order chi connectivity index (χ0) is 31.5. The fourth-order valence-corrected chi connectivity index (χ4v) is 3.78. The van der Waals surface area contributed by atoms with Gasteiger partial charge < -0.3 is 18.9 Å². The zero-order valence-corrected chi connectivity index (χ0v) is 25.3. The topological polar surface area (TPSA) is 145 Å². The Kier molecular flexibility index (Phi) is 12.4. The van der Waals surface area contributed by atoms with E-state index >= 15 is 0 Å². The highest BCUT2D eigenvalue weighted by Crippen LogP contribution is 2.27. The zero-order valence-electron chi connectivity index (χ0n) is 23.0. The van der Waals surface area contributed by atoms with Gasteiger partial charge in [-0.15, -0.1) is 0 Å². The number of esters is 4. The van der Waals surface area contributed by atoms with Crippen molar-refractivity contribution in [1.29, 1.82) is 0 Å². The second kappa shape index (κ2) is 15.9. The van der Waals surface area contributed by atoms with E-state index in [-0.39, 0.29) is 25.3 Å². The molecule has 43 heavy (non-hydrogen) atoms. The maximum Gasteiger partial charge on any atom is 0.371 e. The molecule has 3 rings (SSSR count). The molecule has 1 N–H and O–H groups in total. The van der Waals surface area contributed by atoms with Crippen molar-refractivity contribution in [3.05, 3.63) is 71.2 Å². The molecule has 0 spiro atoms. The first-order chi connectivity index (χ1) is 20.5. The lowest BCUT2D eigenvalue weighted by Gasteiger charge is -2.23. The van der Waals surface area contributed by atoms with Crippen molar-refractivity contribution >= 4 is 80.9 Å². The van der Waals surface area contributed by atoms with Crippen LogP contribution >= 0.6 is 34.8 Å². The fourth-order valence-electron chi connectivity index (χ4n) is 3.44. The Hall–Kier alpha value is -4.13. The number of nitrogens with one attached hydrogen (secondary N) is 1. The molecule has 1 aliphatic heterocycles. The third-order valence-electron chi connectivity index (χ3n) is 5.51. The third-order valence-corrected chi connectivity index (χ3v) is 6.25. The van der Waals surface area contributed by atoms with Gasteiger partial charge in [-0.3, -0.25) is 10.4 Å². The van der Waals surface area contributed by atoms with Gasteiger partial charge in [-0.05, 0) is 62.4 Å². The number of halogens is 3. The lowest BCUT2D eigenvalue weighted by atomic mass is 10.1. The Labute approximate surface area is 262 Å². The number of ether oxygens (including phenoxy) is 4. The monoisotopic (exact) mass is 652 g/mol. The van der Waals surface area contributed by atoms with Crippen molar-refractivity contribution in [2.75, 3.05) is 23.6 Å². The Morgan fingerprint density at radius 3 is 2.21 bits per heavy atom. The van der Waals surface area contributed by atoms with Crippen LogP contribution in [0.3, 0.4) is 0 Å². The third kappa shape index (κ3) is 10.3. The molecule has 2 aromatic carbocycles. The van der Waals surface area contributed by atoms with Crippen molar-refractivity contribution in [3.8, 4) is 0 Å². The number of rotatable bonds is 13. The summed E-state index contributed by atoms with van der Waals surface area (Å²) in [5.74, 6) is -3.17. The second-order valence-corrected chi connectivity index (χ2v) is 10.2. The molecule has 1 aliphatic rings. The number of hydrazone groups is 2. The van der Waals surface area contributed by atoms with Gasteiger partial charge in [-0.1, -0.05) is 41.4 Å². The Bertz CT molecular complexity index is 1400. The maximum atomic E-state index is 13.1. The summed E-state index contributed by atoms with van der Waals surface area (Å²) in [7, 11) is 0. The molecule has 0 fully saturated rings. The van der Waals surface area contributed by atoms with Crippen LogP contribution in [-0.2, 0) is 38.1 Å². The molecule has 0 saturated heterocycles. The summed E-state index contributed by atoms with van der Waals surface area (Å²) in [5, 5.41) is 9.84. The van der Waals surface area contributed by atoms with Crippen molar-refractivity contribution < 1.29 is 38.1 Å². The van der Waals surface area contributed by atoms with Crippen LogP contribution in [0.4, 0.5) is 11.4 Å². The molecule has 15 heteroatoms. The van der Waals surface area contributed by atoms with E-state index in [4.69, 9.17) is 53.8 Å².